The molecule has 156 valence electrons. The first-order valence-electron chi connectivity index (χ1n) is 10.4. The minimum absolute atomic E-state index is 0.0113. The van der Waals surface area contributed by atoms with E-state index in [4.69, 9.17) is 16.3 Å². The molecule has 0 heterocycles. The quantitative estimate of drug-likeness (QED) is 0.611. The molecule has 0 aromatic heterocycles. The lowest BCUT2D eigenvalue weighted by atomic mass is 9.86. The molecule has 3 rings (SSSR count). The topological polar surface area (TPSA) is 41.6 Å². The van der Waals surface area contributed by atoms with Crippen LogP contribution in [0.15, 0.2) is 48.5 Å². The third kappa shape index (κ3) is 5.89. The van der Waals surface area contributed by atoms with Gasteiger partial charge in [-0.2, -0.15) is 0 Å². The highest BCUT2D eigenvalue weighted by Gasteiger charge is 2.28. The molecule has 1 aliphatic carbocycles. The zero-order valence-electron chi connectivity index (χ0n) is 17.5. The molecule has 0 aliphatic heterocycles. The summed E-state index contributed by atoms with van der Waals surface area (Å²) in [5.74, 6) is 1.57. The Balaban J connectivity index is 1.73. The molecule has 1 N–H and O–H groups in total. The van der Waals surface area contributed by atoms with E-state index in [2.05, 4.69) is 12.2 Å². The predicted octanol–water partition coefficient (Wildman–Crippen LogP) is 6.20. The largest absolute Gasteiger partial charge is 0.497 e. The van der Waals surface area contributed by atoms with Crippen molar-refractivity contribution in [3.63, 3.8) is 0 Å². The number of hydrogen-bond acceptors (Lipinski definition) is 2. The van der Waals surface area contributed by atoms with Gasteiger partial charge in [0.05, 0.1) is 13.2 Å². The smallest absolute Gasteiger partial charge is 0.318 e. The van der Waals surface area contributed by atoms with Gasteiger partial charge in [-0.3, -0.25) is 0 Å². The number of nitrogens with zero attached hydrogens (tertiary/aromatic N) is 1. The van der Waals surface area contributed by atoms with E-state index in [1.54, 1.807) is 7.11 Å². The molecule has 5 heteroatoms. The molecular formula is C24H31ClN2O2. The minimum atomic E-state index is -0.0827. The second-order valence-corrected chi connectivity index (χ2v) is 8.55. The van der Waals surface area contributed by atoms with Crippen LogP contribution in [0.2, 0.25) is 5.02 Å². The van der Waals surface area contributed by atoms with E-state index in [9.17, 15) is 4.79 Å². The molecule has 4 nitrogen and oxygen atoms in total. The van der Waals surface area contributed by atoms with Gasteiger partial charge in [-0.1, -0.05) is 42.8 Å². The molecule has 0 bridgehead atoms. The van der Waals surface area contributed by atoms with Crippen LogP contribution in [0.25, 0.3) is 0 Å². The third-order valence-corrected chi connectivity index (χ3v) is 6.16. The van der Waals surface area contributed by atoms with E-state index in [0.717, 1.165) is 35.6 Å². The minimum Gasteiger partial charge on any atom is -0.497 e. The number of ether oxygens (including phenoxy) is 1. The van der Waals surface area contributed by atoms with Gasteiger partial charge in [0.25, 0.3) is 0 Å². The number of methoxy groups -OCH3 is 1. The normalized spacial score (nSPS) is 20.0. The molecule has 1 saturated carbocycles. The van der Waals surface area contributed by atoms with Crippen molar-refractivity contribution in [2.24, 2.45) is 5.92 Å². The fourth-order valence-corrected chi connectivity index (χ4v) is 4.08. The average molecular weight is 415 g/mol. The molecule has 1 fully saturated rings. The standard InChI is InChI=1S/C24H31ClN2O2/c1-17-4-12-22(13-5-17)27(16-19-6-14-23(29-3)15-7-19)24(28)26-18(2)20-8-10-21(25)11-9-20/h6-11,14-15,17-18,22H,4-5,12-13,16H2,1-3H3,(H,26,28)/t17-,18?,22-. The molecular weight excluding hydrogens is 384 g/mol. The van der Waals surface area contributed by atoms with Crippen LogP contribution in [0.5, 0.6) is 5.75 Å². The molecule has 1 atom stereocenters. The average Bonchev–Trinajstić information content (AvgIpc) is 2.73. The van der Waals surface area contributed by atoms with Crippen molar-refractivity contribution in [1.29, 1.82) is 0 Å². The lowest BCUT2D eigenvalue weighted by molar-refractivity contribution is 0.139. The molecule has 2 amide bonds. The second kappa shape index (κ2) is 10.0. The summed E-state index contributed by atoms with van der Waals surface area (Å²) in [6.45, 7) is 4.91. The fraction of sp³-hybridized carbons (Fsp3) is 0.458. The van der Waals surface area contributed by atoms with Crippen LogP contribution < -0.4 is 10.1 Å². The maximum Gasteiger partial charge on any atom is 0.318 e. The zero-order chi connectivity index (χ0) is 20.8. The van der Waals surface area contributed by atoms with Gasteiger partial charge in [0.1, 0.15) is 5.75 Å². The van der Waals surface area contributed by atoms with E-state index >= 15 is 0 Å². The van der Waals surface area contributed by atoms with E-state index in [1.165, 1.54) is 12.8 Å². The Hall–Kier alpha value is -2.20. The van der Waals surface area contributed by atoms with Crippen molar-refractivity contribution in [1.82, 2.24) is 10.2 Å². The van der Waals surface area contributed by atoms with Gasteiger partial charge in [-0.15, -0.1) is 0 Å². The Labute approximate surface area is 179 Å². The summed E-state index contributed by atoms with van der Waals surface area (Å²) in [5, 5.41) is 3.89. The van der Waals surface area contributed by atoms with E-state index < -0.39 is 0 Å². The highest BCUT2D eigenvalue weighted by molar-refractivity contribution is 6.30. The third-order valence-electron chi connectivity index (χ3n) is 5.91. The number of carbonyl (C=O) groups is 1. The molecule has 1 unspecified atom stereocenters. The van der Waals surface area contributed by atoms with Crippen LogP contribution in [0.3, 0.4) is 0 Å². The van der Waals surface area contributed by atoms with Gasteiger partial charge in [0, 0.05) is 17.6 Å². The fourth-order valence-electron chi connectivity index (χ4n) is 3.95. The van der Waals surface area contributed by atoms with E-state index in [0.29, 0.717) is 11.6 Å². The van der Waals surface area contributed by atoms with Crippen LogP contribution in [0.1, 0.15) is 56.7 Å². The van der Waals surface area contributed by atoms with Crippen molar-refractivity contribution in [2.75, 3.05) is 7.11 Å². The molecule has 2 aromatic carbocycles. The molecule has 0 radical (unpaired) electrons. The van der Waals surface area contributed by atoms with Gasteiger partial charge in [0.15, 0.2) is 0 Å². The number of amides is 2. The first kappa shape index (κ1) is 21.5. The van der Waals surface area contributed by atoms with Crippen molar-refractivity contribution >= 4 is 17.6 Å². The Morgan fingerprint density at radius 2 is 1.72 bits per heavy atom. The summed E-state index contributed by atoms with van der Waals surface area (Å²) in [7, 11) is 1.66. The SMILES string of the molecule is COc1ccc(CN(C(=O)NC(C)c2ccc(Cl)cc2)[C@H]2CC[C@H](C)CC2)cc1. The number of nitrogens with one attached hydrogen (secondary N) is 1. The Kier molecular flexibility index (Phi) is 7.43. The molecule has 2 aromatic rings. The maximum absolute atomic E-state index is 13.3. The summed E-state index contributed by atoms with van der Waals surface area (Å²) in [4.78, 5) is 15.3. The molecule has 29 heavy (non-hydrogen) atoms. The summed E-state index contributed by atoms with van der Waals surface area (Å²) < 4.78 is 5.26. The summed E-state index contributed by atoms with van der Waals surface area (Å²) in [5.41, 5.74) is 2.16. The van der Waals surface area contributed by atoms with Gasteiger partial charge in [-0.05, 0) is 73.9 Å². The van der Waals surface area contributed by atoms with Gasteiger partial charge in [0.2, 0.25) is 0 Å². The highest BCUT2D eigenvalue weighted by atomic mass is 35.5. The number of halogens is 1. The maximum atomic E-state index is 13.3. The highest BCUT2D eigenvalue weighted by Crippen LogP contribution is 2.29. The lowest BCUT2D eigenvalue weighted by Crippen LogP contribution is -2.47. The number of urea groups is 1. The van der Waals surface area contributed by atoms with Gasteiger partial charge >= 0.3 is 6.03 Å². The van der Waals surface area contributed by atoms with Gasteiger partial charge < -0.3 is 15.0 Å². The van der Waals surface area contributed by atoms with Gasteiger partial charge in [-0.25, -0.2) is 4.79 Å². The second-order valence-electron chi connectivity index (χ2n) is 8.11. The Morgan fingerprint density at radius 1 is 1.10 bits per heavy atom. The van der Waals surface area contributed by atoms with Crippen LogP contribution in [-0.2, 0) is 6.54 Å². The van der Waals surface area contributed by atoms with Crippen LogP contribution in [0.4, 0.5) is 4.79 Å². The predicted molar refractivity (Wildman–Crippen MR) is 118 cm³/mol. The summed E-state index contributed by atoms with van der Waals surface area (Å²) in [6.07, 6.45) is 4.45. The molecule has 1 aliphatic rings. The Bertz CT molecular complexity index is 784. The van der Waals surface area contributed by atoms with Crippen LogP contribution >= 0.6 is 11.6 Å². The zero-order valence-corrected chi connectivity index (χ0v) is 18.3. The van der Waals surface area contributed by atoms with E-state index in [-0.39, 0.29) is 18.1 Å². The van der Waals surface area contributed by atoms with Crippen molar-refractivity contribution in [3.05, 3.63) is 64.7 Å². The number of benzene rings is 2. The first-order chi connectivity index (χ1) is 14.0. The number of carbonyl (C=O) groups excluding carboxylic acids is 1. The Morgan fingerprint density at radius 3 is 2.31 bits per heavy atom. The molecule has 0 spiro atoms. The monoisotopic (exact) mass is 414 g/mol. The summed E-state index contributed by atoms with van der Waals surface area (Å²) >= 11 is 5.99. The number of hydrogen-bond donors (Lipinski definition) is 1. The number of rotatable bonds is 6. The van der Waals surface area contributed by atoms with Crippen LogP contribution in [-0.4, -0.2) is 24.1 Å². The van der Waals surface area contributed by atoms with E-state index in [1.807, 2.05) is 60.4 Å². The lowest BCUT2D eigenvalue weighted by Gasteiger charge is -2.37. The van der Waals surface area contributed by atoms with Crippen molar-refractivity contribution in [2.45, 2.75) is 58.2 Å². The van der Waals surface area contributed by atoms with Crippen molar-refractivity contribution in [3.8, 4) is 5.75 Å². The summed E-state index contributed by atoms with van der Waals surface area (Å²) in [6, 6.07) is 15.8. The van der Waals surface area contributed by atoms with Crippen LogP contribution in [0, 0.1) is 5.92 Å². The first-order valence-corrected chi connectivity index (χ1v) is 10.8. The van der Waals surface area contributed by atoms with Crippen molar-refractivity contribution < 1.29 is 9.53 Å². The molecule has 0 saturated heterocycles.